The van der Waals surface area contributed by atoms with Crippen molar-refractivity contribution in [2.45, 2.75) is 13.0 Å². The molecule has 0 aliphatic heterocycles. The Hall–Kier alpha value is -1.39. The number of hydrogen-bond donors (Lipinski definition) is 1. The van der Waals surface area contributed by atoms with E-state index in [4.69, 9.17) is 21.9 Å². The number of aromatic nitrogens is 2. The van der Waals surface area contributed by atoms with Crippen molar-refractivity contribution in [1.82, 2.24) is 10.1 Å². The van der Waals surface area contributed by atoms with Gasteiger partial charge in [-0.1, -0.05) is 28.9 Å². The summed E-state index contributed by atoms with van der Waals surface area (Å²) in [5.74, 6) is 0.873. The highest BCUT2D eigenvalue weighted by molar-refractivity contribution is 6.33. The average Bonchev–Trinajstić information content (AvgIpc) is 2.67. The molecule has 15 heavy (non-hydrogen) atoms. The van der Waals surface area contributed by atoms with Gasteiger partial charge in [-0.25, -0.2) is 0 Å². The third kappa shape index (κ3) is 2.00. The Bertz CT molecular complexity index is 467. The van der Waals surface area contributed by atoms with Crippen LogP contribution in [0.3, 0.4) is 0 Å². The van der Waals surface area contributed by atoms with Gasteiger partial charge < -0.3 is 10.3 Å². The number of halogens is 1. The van der Waals surface area contributed by atoms with Crippen molar-refractivity contribution in [3.63, 3.8) is 0 Å². The van der Waals surface area contributed by atoms with Gasteiger partial charge in [-0.2, -0.15) is 4.98 Å². The first kappa shape index (κ1) is 10.1. The Labute approximate surface area is 92.0 Å². The molecule has 1 aromatic carbocycles. The van der Waals surface area contributed by atoms with Gasteiger partial charge in [-0.3, -0.25) is 0 Å². The zero-order valence-electron chi connectivity index (χ0n) is 8.14. The van der Waals surface area contributed by atoms with Crippen LogP contribution in [0.15, 0.2) is 28.8 Å². The molecule has 5 heteroatoms. The van der Waals surface area contributed by atoms with Crippen LogP contribution in [0, 0.1) is 0 Å². The maximum Gasteiger partial charge on any atom is 0.243 e. The van der Waals surface area contributed by atoms with Crippen molar-refractivity contribution >= 4 is 11.6 Å². The van der Waals surface area contributed by atoms with E-state index in [0.29, 0.717) is 16.7 Å². The van der Waals surface area contributed by atoms with E-state index in [1.54, 1.807) is 13.0 Å². The average molecular weight is 224 g/mol. The molecular weight excluding hydrogens is 214 g/mol. The predicted octanol–water partition coefficient (Wildman–Crippen LogP) is 2.41. The van der Waals surface area contributed by atoms with E-state index >= 15 is 0 Å². The summed E-state index contributed by atoms with van der Waals surface area (Å²) in [6.07, 6.45) is 0. The van der Waals surface area contributed by atoms with E-state index in [2.05, 4.69) is 10.1 Å². The highest BCUT2D eigenvalue weighted by atomic mass is 35.5. The summed E-state index contributed by atoms with van der Waals surface area (Å²) < 4.78 is 4.99. The Balaban J connectivity index is 2.42. The number of nitrogens with zero attached hydrogens (tertiary/aromatic N) is 2. The molecule has 4 nitrogen and oxygen atoms in total. The summed E-state index contributed by atoms with van der Waals surface area (Å²) in [6.45, 7) is 1.78. The fourth-order valence-electron chi connectivity index (χ4n) is 1.17. The summed E-state index contributed by atoms with van der Waals surface area (Å²) in [5.41, 5.74) is 6.36. The van der Waals surface area contributed by atoms with E-state index in [1.165, 1.54) is 0 Å². The highest BCUT2D eigenvalue weighted by Gasteiger charge is 2.13. The van der Waals surface area contributed by atoms with Crippen molar-refractivity contribution in [3.8, 4) is 11.4 Å². The fourth-order valence-corrected chi connectivity index (χ4v) is 1.39. The normalized spacial score (nSPS) is 12.7. The van der Waals surface area contributed by atoms with Crippen molar-refractivity contribution in [1.29, 1.82) is 0 Å². The Kier molecular flexibility index (Phi) is 2.70. The summed E-state index contributed by atoms with van der Waals surface area (Å²) >= 11 is 5.99. The molecule has 0 aliphatic carbocycles. The lowest BCUT2D eigenvalue weighted by atomic mass is 10.2. The Morgan fingerprint density at radius 2 is 2.13 bits per heavy atom. The van der Waals surface area contributed by atoms with Gasteiger partial charge in [0.15, 0.2) is 0 Å². The molecule has 1 aromatic heterocycles. The Morgan fingerprint density at radius 1 is 1.40 bits per heavy atom. The molecule has 0 saturated carbocycles. The second kappa shape index (κ2) is 4.00. The monoisotopic (exact) mass is 223 g/mol. The smallest absolute Gasteiger partial charge is 0.243 e. The van der Waals surface area contributed by atoms with Crippen molar-refractivity contribution in [2.24, 2.45) is 5.73 Å². The number of nitrogens with two attached hydrogens (primary N) is 1. The molecule has 0 bridgehead atoms. The lowest BCUT2D eigenvalue weighted by Crippen LogP contribution is -2.04. The zero-order chi connectivity index (χ0) is 10.8. The highest BCUT2D eigenvalue weighted by Crippen LogP contribution is 2.25. The van der Waals surface area contributed by atoms with Gasteiger partial charge in [0, 0.05) is 5.56 Å². The molecular formula is C10H10ClN3O. The standard InChI is InChI=1S/C10H10ClN3O/c1-6(12)10-13-9(14-15-10)7-4-2-3-5-8(7)11/h2-6H,12H2,1H3/t6-/m0/s1. The quantitative estimate of drug-likeness (QED) is 0.849. The second-order valence-electron chi connectivity index (χ2n) is 3.22. The number of hydrogen-bond acceptors (Lipinski definition) is 4. The van der Waals surface area contributed by atoms with Gasteiger partial charge in [-0.15, -0.1) is 0 Å². The zero-order valence-corrected chi connectivity index (χ0v) is 8.90. The lowest BCUT2D eigenvalue weighted by molar-refractivity contribution is 0.362. The minimum absolute atomic E-state index is 0.270. The van der Waals surface area contributed by atoms with Crippen LogP contribution in [-0.2, 0) is 0 Å². The minimum atomic E-state index is -0.270. The first-order valence-corrected chi connectivity index (χ1v) is 4.90. The van der Waals surface area contributed by atoms with E-state index in [9.17, 15) is 0 Å². The van der Waals surface area contributed by atoms with Crippen LogP contribution in [-0.4, -0.2) is 10.1 Å². The summed E-state index contributed by atoms with van der Waals surface area (Å²) in [4.78, 5) is 4.15. The molecule has 0 fully saturated rings. The summed E-state index contributed by atoms with van der Waals surface area (Å²) in [6, 6.07) is 7.05. The first-order valence-electron chi connectivity index (χ1n) is 4.52. The number of rotatable bonds is 2. The van der Waals surface area contributed by atoms with E-state index in [-0.39, 0.29) is 6.04 Å². The minimum Gasteiger partial charge on any atom is -0.337 e. The third-order valence-corrected chi connectivity index (χ3v) is 2.28. The van der Waals surface area contributed by atoms with Gasteiger partial charge >= 0.3 is 0 Å². The van der Waals surface area contributed by atoms with Gasteiger partial charge in [-0.05, 0) is 19.1 Å². The third-order valence-electron chi connectivity index (χ3n) is 1.95. The molecule has 0 aliphatic rings. The molecule has 2 N–H and O–H groups in total. The molecule has 2 aromatic rings. The predicted molar refractivity (Wildman–Crippen MR) is 57.3 cm³/mol. The molecule has 0 unspecified atom stereocenters. The second-order valence-corrected chi connectivity index (χ2v) is 3.63. The van der Waals surface area contributed by atoms with Gasteiger partial charge in [0.25, 0.3) is 0 Å². The van der Waals surface area contributed by atoms with E-state index in [1.807, 2.05) is 18.2 Å². The van der Waals surface area contributed by atoms with Gasteiger partial charge in [0.1, 0.15) is 0 Å². The van der Waals surface area contributed by atoms with Crippen molar-refractivity contribution in [2.75, 3.05) is 0 Å². The molecule has 1 atom stereocenters. The molecule has 1 heterocycles. The lowest BCUT2D eigenvalue weighted by Gasteiger charge is -1.96. The van der Waals surface area contributed by atoms with Gasteiger partial charge in [0.2, 0.25) is 11.7 Å². The van der Waals surface area contributed by atoms with Crippen LogP contribution in [0.4, 0.5) is 0 Å². The van der Waals surface area contributed by atoms with Crippen LogP contribution in [0.1, 0.15) is 18.9 Å². The maximum atomic E-state index is 5.99. The van der Waals surface area contributed by atoms with E-state index in [0.717, 1.165) is 5.56 Å². The van der Waals surface area contributed by atoms with Crippen molar-refractivity contribution < 1.29 is 4.52 Å². The topological polar surface area (TPSA) is 64.9 Å². The van der Waals surface area contributed by atoms with Crippen LogP contribution in [0.5, 0.6) is 0 Å². The van der Waals surface area contributed by atoms with E-state index < -0.39 is 0 Å². The summed E-state index contributed by atoms with van der Waals surface area (Å²) in [5, 5.41) is 4.41. The van der Waals surface area contributed by atoms with Crippen LogP contribution in [0.2, 0.25) is 5.02 Å². The largest absolute Gasteiger partial charge is 0.337 e. The molecule has 0 amide bonds. The molecule has 0 saturated heterocycles. The molecule has 0 spiro atoms. The van der Waals surface area contributed by atoms with Crippen LogP contribution in [0.25, 0.3) is 11.4 Å². The molecule has 2 rings (SSSR count). The fraction of sp³-hybridized carbons (Fsp3) is 0.200. The van der Waals surface area contributed by atoms with Crippen molar-refractivity contribution in [3.05, 3.63) is 35.2 Å². The van der Waals surface area contributed by atoms with Gasteiger partial charge in [0.05, 0.1) is 11.1 Å². The Morgan fingerprint density at radius 3 is 2.73 bits per heavy atom. The molecule has 0 radical (unpaired) electrons. The summed E-state index contributed by atoms with van der Waals surface area (Å²) in [7, 11) is 0. The SMILES string of the molecule is C[C@H](N)c1nc(-c2ccccc2Cl)no1. The maximum absolute atomic E-state index is 5.99. The molecule has 78 valence electrons. The first-order chi connectivity index (χ1) is 7.18. The van der Waals surface area contributed by atoms with Crippen LogP contribution >= 0.6 is 11.6 Å². The number of benzene rings is 1. The van der Waals surface area contributed by atoms with Crippen LogP contribution < -0.4 is 5.73 Å².